The first kappa shape index (κ1) is 15.2. The number of benzene rings is 2. The van der Waals surface area contributed by atoms with Crippen LogP contribution >= 0.6 is 0 Å². The highest BCUT2D eigenvalue weighted by Crippen LogP contribution is 2.18. The number of aryl methyl sites for hydroxylation is 1. The van der Waals surface area contributed by atoms with Gasteiger partial charge in [0.1, 0.15) is 0 Å². The molecule has 0 unspecified atom stereocenters. The van der Waals surface area contributed by atoms with Gasteiger partial charge in [-0.05, 0) is 32.4 Å². The fourth-order valence-corrected chi connectivity index (χ4v) is 2.38. The number of para-hydroxylation sites is 1. The van der Waals surface area contributed by atoms with E-state index in [0.29, 0.717) is 13.0 Å². The second kappa shape index (κ2) is 6.99. The van der Waals surface area contributed by atoms with E-state index in [1.54, 1.807) is 12.1 Å². The molecule has 4 nitrogen and oxygen atoms in total. The van der Waals surface area contributed by atoms with Crippen LogP contribution in [0.15, 0.2) is 48.5 Å². The molecular formula is C17H20N2O2. The number of nitro benzene ring substituents is 1. The second-order valence-corrected chi connectivity index (χ2v) is 5.23. The number of nitrogens with zero attached hydrogens (tertiary/aromatic N) is 1. The highest BCUT2D eigenvalue weighted by atomic mass is 16.6. The summed E-state index contributed by atoms with van der Waals surface area (Å²) in [5.74, 6) is 0. The van der Waals surface area contributed by atoms with Crippen LogP contribution in [0.4, 0.5) is 5.69 Å². The molecule has 0 spiro atoms. The Kier molecular flexibility index (Phi) is 5.06. The van der Waals surface area contributed by atoms with Crippen LogP contribution in [0, 0.1) is 17.0 Å². The van der Waals surface area contributed by atoms with E-state index in [-0.39, 0.29) is 16.7 Å². The van der Waals surface area contributed by atoms with Crippen LogP contribution in [0.3, 0.4) is 0 Å². The summed E-state index contributed by atoms with van der Waals surface area (Å²) in [6.45, 7) is 4.89. The Bertz CT molecular complexity index is 626. The molecule has 21 heavy (non-hydrogen) atoms. The zero-order valence-corrected chi connectivity index (χ0v) is 12.4. The fraction of sp³-hybridized carbons (Fsp3) is 0.294. The molecule has 2 aromatic rings. The smallest absolute Gasteiger partial charge is 0.272 e. The molecule has 0 bridgehead atoms. The minimum absolute atomic E-state index is 0.197. The third-order valence-electron chi connectivity index (χ3n) is 3.58. The maximum atomic E-state index is 11.0. The molecule has 2 rings (SSSR count). The molecule has 0 aliphatic carbocycles. The second-order valence-electron chi connectivity index (χ2n) is 5.23. The van der Waals surface area contributed by atoms with Gasteiger partial charge in [0.15, 0.2) is 0 Å². The van der Waals surface area contributed by atoms with Crippen molar-refractivity contribution in [1.82, 2.24) is 5.32 Å². The molecule has 0 aliphatic heterocycles. The molecule has 0 saturated heterocycles. The Hall–Kier alpha value is -2.20. The summed E-state index contributed by atoms with van der Waals surface area (Å²) in [5.41, 5.74) is 3.44. The van der Waals surface area contributed by atoms with E-state index in [4.69, 9.17) is 0 Å². The SMILES string of the molecule is Cc1cccc([C@H](C)NCCc2ccccc2[N+](=O)[O-])c1. The maximum absolute atomic E-state index is 11.0. The predicted molar refractivity (Wildman–Crippen MR) is 84.4 cm³/mol. The van der Waals surface area contributed by atoms with E-state index < -0.39 is 0 Å². The van der Waals surface area contributed by atoms with Gasteiger partial charge in [0.05, 0.1) is 4.92 Å². The van der Waals surface area contributed by atoms with Gasteiger partial charge in [-0.3, -0.25) is 10.1 Å². The van der Waals surface area contributed by atoms with Gasteiger partial charge in [-0.25, -0.2) is 0 Å². The number of nitrogens with one attached hydrogen (secondary N) is 1. The number of hydrogen-bond acceptors (Lipinski definition) is 3. The molecule has 2 aromatic carbocycles. The average Bonchev–Trinajstić information content (AvgIpc) is 2.47. The standard InChI is InChI=1S/C17H20N2O2/c1-13-6-5-8-16(12-13)14(2)18-11-10-15-7-3-4-9-17(15)19(20)21/h3-9,12,14,18H,10-11H2,1-2H3/t14-/m0/s1. The van der Waals surface area contributed by atoms with Crippen molar-refractivity contribution in [2.24, 2.45) is 0 Å². The number of nitro groups is 1. The van der Waals surface area contributed by atoms with Crippen molar-refractivity contribution in [3.63, 3.8) is 0 Å². The zero-order valence-electron chi connectivity index (χ0n) is 12.4. The van der Waals surface area contributed by atoms with Gasteiger partial charge in [0.25, 0.3) is 5.69 Å². The summed E-state index contributed by atoms with van der Waals surface area (Å²) < 4.78 is 0. The number of hydrogen-bond donors (Lipinski definition) is 1. The first-order valence-electron chi connectivity index (χ1n) is 7.10. The molecule has 0 radical (unpaired) electrons. The molecule has 0 amide bonds. The third kappa shape index (κ3) is 4.13. The molecule has 110 valence electrons. The Morgan fingerprint density at radius 3 is 2.67 bits per heavy atom. The van der Waals surface area contributed by atoms with Crippen molar-refractivity contribution in [2.45, 2.75) is 26.3 Å². The summed E-state index contributed by atoms with van der Waals surface area (Å²) in [6, 6.07) is 15.5. The molecule has 0 fully saturated rings. The zero-order chi connectivity index (χ0) is 15.2. The van der Waals surface area contributed by atoms with Crippen molar-refractivity contribution in [1.29, 1.82) is 0 Å². The molecule has 1 N–H and O–H groups in total. The lowest BCUT2D eigenvalue weighted by Crippen LogP contribution is -2.21. The molecule has 0 saturated carbocycles. The van der Waals surface area contributed by atoms with Gasteiger partial charge in [0.2, 0.25) is 0 Å². The van der Waals surface area contributed by atoms with Gasteiger partial charge in [0, 0.05) is 17.7 Å². The van der Waals surface area contributed by atoms with E-state index in [1.807, 2.05) is 18.2 Å². The highest BCUT2D eigenvalue weighted by molar-refractivity contribution is 5.39. The van der Waals surface area contributed by atoms with Gasteiger partial charge in [-0.2, -0.15) is 0 Å². The van der Waals surface area contributed by atoms with Gasteiger partial charge < -0.3 is 5.32 Å². The highest BCUT2D eigenvalue weighted by Gasteiger charge is 2.12. The third-order valence-corrected chi connectivity index (χ3v) is 3.58. The van der Waals surface area contributed by atoms with Crippen LogP contribution in [0.25, 0.3) is 0 Å². The Morgan fingerprint density at radius 2 is 1.95 bits per heavy atom. The molecule has 0 aliphatic rings. The largest absolute Gasteiger partial charge is 0.310 e. The van der Waals surface area contributed by atoms with Crippen LogP contribution in [0.2, 0.25) is 0 Å². The fourth-order valence-electron chi connectivity index (χ4n) is 2.38. The maximum Gasteiger partial charge on any atom is 0.272 e. The van der Waals surface area contributed by atoms with E-state index in [1.165, 1.54) is 11.1 Å². The normalized spacial score (nSPS) is 12.1. The van der Waals surface area contributed by atoms with Crippen LogP contribution in [0.5, 0.6) is 0 Å². The lowest BCUT2D eigenvalue weighted by Gasteiger charge is -2.14. The van der Waals surface area contributed by atoms with Gasteiger partial charge in [-0.1, -0.05) is 48.0 Å². The first-order valence-corrected chi connectivity index (χ1v) is 7.10. The van der Waals surface area contributed by atoms with Crippen molar-refractivity contribution in [2.75, 3.05) is 6.54 Å². The molecule has 0 aromatic heterocycles. The summed E-state index contributed by atoms with van der Waals surface area (Å²) >= 11 is 0. The van der Waals surface area contributed by atoms with Gasteiger partial charge >= 0.3 is 0 Å². The van der Waals surface area contributed by atoms with E-state index in [9.17, 15) is 10.1 Å². The summed E-state index contributed by atoms with van der Waals surface area (Å²) in [5, 5.41) is 14.4. The van der Waals surface area contributed by atoms with Crippen molar-refractivity contribution in [3.8, 4) is 0 Å². The van der Waals surface area contributed by atoms with Crippen LogP contribution in [0.1, 0.15) is 29.7 Å². The molecule has 1 atom stereocenters. The Morgan fingerprint density at radius 1 is 1.19 bits per heavy atom. The average molecular weight is 284 g/mol. The van der Waals surface area contributed by atoms with E-state index in [2.05, 4.69) is 37.4 Å². The lowest BCUT2D eigenvalue weighted by molar-refractivity contribution is -0.385. The molecule has 4 heteroatoms. The monoisotopic (exact) mass is 284 g/mol. The summed E-state index contributed by atoms with van der Waals surface area (Å²) in [4.78, 5) is 10.6. The van der Waals surface area contributed by atoms with E-state index >= 15 is 0 Å². The summed E-state index contributed by atoms with van der Waals surface area (Å²) in [6.07, 6.45) is 0.646. The minimum atomic E-state index is -0.320. The lowest BCUT2D eigenvalue weighted by atomic mass is 10.1. The van der Waals surface area contributed by atoms with Crippen LogP contribution < -0.4 is 5.32 Å². The van der Waals surface area contributed by atoms with Crippen molar-refractivity contribution >= 4 is 5.69 Å². The van der Waals surface area contributed by atoms with Crippen molar-refractivity contribution in [3.05, 3.63) is 75.3 Å². The predicted octanol–water partition coefficient (Wildman–Crippen LogP) is 3.80. The van der Waals surface area contributed by atoms with Crippen LogP contribution in [-0.4, -0.2) is 11.5 Å². The van der Waals surface area contributed by atoms with Crippen molar-refractivity contribution < 1.29 is 4.92 Å². The van der Waals surface area contributed by atoms with Crippen LogP contribution in [-0.2, 0) is 6.42 Å². The quantitative estimate of drug-likeness (QED) is 0.648. The van der Waals surface area contributed by atoms with Gasteiger partial charge in [-0.15, -0.1) is 0 Å². The summed E-state index contributed by atoms with van der Waals surface area (Å²) in [7, 11) is 0. The Balaban J connectivity index is 1.94. The topological polar surface area (TPSA) is 55.2 Å². The Labute approximate surface area is 125 Å². The first-order chi connectivity index (χ1) is 10.1. The molecular weight excluding hydrogens is 264 g/mol. The van der Waals surface area contributed by atoms with E-state index in [0.717, 1.165) is 5.56 Å². The number of rotatable bonds is 6. The molecule has 0 heterocycles. The minimum Gasteiger partial charge on any atom is -0.310 e.